The summed E-state index contributed by atoms with van der Waals surface area (Å²) in [6.07, 6.45) is 8.09. The molecule has 1 N–H and O–H groups in total. The summed E-state index contributed by atoms with van der Waals surface area (Å²) in [5.74, 6) is 1.06. The number of piperidine rings is 1. The fraction of sp³-hybridized carbons (Fsp3) is 0.350. The number of hydrogen-bond acceptors (Lipinski definition) is 6. The molecule has 0 saturated carbocycles. The summed E-state index contributed by atoms with van der Waals surface area (Å²) in [4.78, 5) is 12.9. The van der Waals surface area contributed by atoms with Gasteiger partial charge in [-0.2, -0.15) is 4.31 Å². The molecule has 0 spiro atoms. The highest BCUT2D eigenvalue weighted by Gasteiger charge is 2.31. The molecule has 1 fully saturated rings. The number of anilines is 2. The normalized spacial score (nSPS) is 16.1. The van der Waals surface area contributed by atoms with Crippen LogP contribution >= 0.6 is 0 Å². The molecular weight excluding hydrogens is 388 g/mol. The smallest absolute Gasteiger partial charge is 0.262 e. The molecule has 0 aliphatic carbocycles. The Balaban J connectivity index is 1.39. The summed E-state index contributed by atoms with van der Waals surface area (Å²) >= 11 is 0. The van der Waals surface area contributed by atoms with Gasteiger partial charge in [-0.3, -0.25) is 4.98 Å². The number of sulfonamides is 1. The number of nitrogens with zero attached hydrogens (tertiary/aromatic N) is 5. The van der Waals surface area contributed by atoms with Crippen molar-refractivity contribution in [1.29, 1.82) is 0 Å². The van der Waals surface area contributed by atoms with E-state index in [0.29, 0.717) is 13.1 Å². The van der Waals surface area contributed by atoms with Crippen LogP contribution in [0.15, 0.2) is 54.2 Å². The lowest BCUT2D eigenvalue weighted by Gasteiger charge is -2.30. The van der Waals surface area contributed by atoms with E-state index in [2.05, 4.69) is 20.3 Å². The molecule has 3 aromatic rings. The molecule has 0 bridgehead atoms. The summed E-state index contributed by atoms with van der Waals surface area (Å²) in [5, 5.41) is 3.39. The third-order valence-corrected chi connectivity index (χ3v) is 7.00. The maximum Gasteiger partial charge on any atom is 0.262 e. The number of aryl methyl sites for hydroxylation is 2. The summed E-state index contributed by atoms with van der Waals surface area (Å²) in [6, 6.07) is 7.91. The van der Waals surface area contributed by atoms with Crippen LogP contribution in [0.4, 0.5) is 11.5 Å². The average molecular weight is 413 g/mol. The van der Waals surface area contributed by atoms with Crippen LogP contribution in [0.3, 0.4) is 0 Å². The molecule has 8 nitrogen and oxygen atoms in total. The highest BCUT2D eigenvalue weighted by Crippen LogP contribution is 2.30. The Bertz CT molecular complexity index is 1090. The zero-order chi connectivity index (χ0) is 20.4. The lowest BCUT2D eigenvalue weighted by molar-refractivity contribution is 0.316. The van der Waals surface area contributed by atoms with E-state index < -0.39 is 10.0 Å². The van der Waals surface area contributed by atoms with E-state index in [4.69, 9.17) is 0 Å². The van der Waals surface area contributed by atoms with Gasteiger partial charge in [-0.15, -0.1) is 0 Å². The van der Waals surface area contributed by atoms with Gasteiger partial charge in [0.25, 0.3) is 10.0 Å². The van der Waals surface area contributed by atoms with Gasteiger partial charge in [-0.25, -0.2) is 18.4 Å². The van der Waals surface area contributed by atoms with Gasteiger partial charge in [0.05, 0.1) is 18.2 Å². The predicted molar refractivity (Wildman–Crippen MR) is 110 cm³/mol. The van der Waals surface area contributed by atoms with E-state index in [1.807, 2.05) is 31.2 Å². The van der Waals surface area contributed by atoms with Crippen LogP contribution < -0.4 is 5.32 Å². The SMILES string of the molecule is Cc1cccnc1Nc1ccc(C2CCN(S(=O)(=O)c3cn(C)cn3)CC2)nc1. The summed E-state index contributed by atoms with van der Waals surface area (Å²) in [5.41, 5.74) is 2.94. The fourth-order valence-electron chi connectivity index (χ4n) is 3.52. The van der Waals surface area contributed by atoms with Gasteiger partial charge < -0.3 is 9.88 Å². The van der Waals surface area contributed by atoms with Gasteiger partial charge in [0.2, 0.25) is 0 Å². The van der Waals surface area contributed by atoms with Gasteiger partial charge in [-0.1, -0.05) is 6.07 Å². The second-order valence-electron chi connectivity index (χ2n) is 7.32. The van der Waals surface area contributed by atoms with Crippen molar-refractivity contribution in [2.24, 2.45) is 7.05 Å². The minimum Gasteiger partial charge on any atom is -0.339 e. The minimum absolute atomic E-state index is 0.108. The highest BCUT2D eigenvalue weighted by atomic mass is 32.2. The monoisotopic (exact) mass is 412 g/mol. The molecule has 9 heteroatoms. The first-order valence-electron chi connectivity index (χ1n) is 9.56. The van der Waals surface area contributed by atoms with Crippen LogP contribution in [0.25, 0.3) is 0 Å². The molecule has 29 heavy (non-hydrogen) atoms. The van der Waals surface area contributed by atoms with Crippen molar-refractivity contribution in [3.05, 3.63) is 60.4 Å². The molecule has 0 aromatic carbocycles. The predicted octanol–water partition coefficient (Wildman–Crippen LogP) is 2.83. The van der Waals surface area contributed by atoms with E-state index >= 15 is 0 Å². The van der Waals surface area contributed by atoms with Gasteiger partial charge in [0.1, 0.15) is 5.82 Å². The van der Waals surface area contributed by atoms with Crippen LogP contribution in [0.5, 0.6) is 0 Å². The van der Waals surface area contributed by atoms with Crippen LogP contribution in [-0.4, -0.2) is 45.3 Å². The lowest BCUT2D eigenvalue weighted by atomic mass is 9.94. The molecule has 0 unspecified atom stereocenters. The summed E-state index contributed by atoms with van der Waals surface area (Å²) < 4.78 is 28.6. The molecule has 4 heterocycles. The van der Waals surface area contributed by atoms with E-state index in [0.717, 1.165) is 35.6 Å². The molecule has 1 aliphatic heterocycles. The first-order valence-corrected chi connectivity index (χ1v) is 11.0. The second-order valence-corrected chi connectivity index (χ2v) is 9.21. The lowest BCUT2D eigenvalue weighted by Crippen LogP contribution is -2.38. The fourth-order valence-corrected chi connectivity index (χ4v) is 4.96. The second kappa shape index (κ2) is 7.92. The van der Waals surface area contributed by atoms with Crippen LogP contribution in [0, 0.1) is 6.92 Å². The topological polar surface area (TPSA) is 93.0 Å². The largest absolute Gasteiger partial charge is 0.339 e. The van der Waals surface area contributed by atoms with E-state index in [1.165, 1.54) is 16.8 Å². The van der Waals surface area contributed by atoms with Crippen molar-refractivity contribution in [2.75, 3.05) is 18.4 Å². The zero-order valence-electron chi connectivity index (χ0n) is 16.5. The maximum atomic E-state index is 12.7. The number of nitrogens with one attached hydrogen (secondary N) is 1. The molecule has 1 saturated heterocycles. The Hall–Kier alpha value is -2.78. The summed E-state index contributed by atoms with van der Waals surface area (Å²) in [6.45, 7) is 2.95. The number of rotatable bonds is 5. The third kappa shape index (κ3) is 4.15. The highest BCUT2D eigenvalue weighted by molar-refractivity contribution is 7.89. The molecule has 0 radical (unpaired) electrons. The standard InChI is InChI=1S/C20H24N6O2S/c1-15-4-3-9-21-20(15)24-17-5-6-18(22-12-17)16-7-10-26(11-8-16)29(27,28)19-13-25(2)14-23-19/h3-6,9,12-14,16H,7-8,10-11H2,1-2H3,(H,21,24). The molecular formula is C20H24N6O2S. The summed E-state index contributed by atoms with van der Waals surface area (Å²) in [7, 11) is -1.77. The Morgan fingerprint density at radius 2 is 1.90 bits per heavy atom. The van der Waals surface area contributed by atoms with Gasteiger partial charge >= 0.3 is 0 Å². The van der Waals surface area contributed by atoms with Crippen LogP contribution in [0.2, 0.25) is 0 Å². The molecule has 0 atom stereocenters. The van der Waals surface area contributed by atoms with Gasteiger partial charge in [-0.05, 0) is 43.5 Å². The van der Waals surface area contributed by atoms with Crippen molar-refractivity contribution in [3.8, 4) is 0 Å². The Morgan fingerprint density at radius 1 is 1.10 bits per heavy atom. The molecule has 0 amide bonds. The molecule has 1 aliphatic rings. The number of aromatic nitrogens is 4. The molecule has 152 valence electrons. The number of pyridine rings is 2. The zero-order valence-corrected chi connectivity index (χ0v) is 17.3. The van der Waals surface area contributed by atoms with Crippen LogP contribution in [0.1, 0.15) is 30.0 Å². The molecule has 4 rings (SSSR count). The quantitative estimate of drug-likeness (QED) is 0.693. The minimum atomic E-state index is -3.53. The van der Waals surface area contributed by atoms with E-state index in [-0.39, 0.29) is 10.9 Å². The van der Waals surface area contributed by atoms with Gasteiger partial charge in [0.15, 0.2) is 5.03 Å². The van der Waals surface area contributed by atoms with E-state index in [9.17, 15) is 8.42 Å². The van der Waals surface area contributed by atoms with Crippen molar-refractivity contribution in [3.63, 3.8) is 0 Å². The Kier molecular flexibility index (Phi) is 5.33. The van der Waals surface area contributed by atoms with Crippen molar-refractivity contribution >= 4 is 21.5 Å². The van der Waals surface area contributed by atoms with Crippen molar-refractivity contribution in [2.45, 2.75) is 30.7 Å². The molecule has 3 aromatic heterocycles. The third-order valence-electron chi connectivity index (χ3n) is 5.22. The first kappa shape index (κ1) is 19.5. The van der Waals surface area contributed by atoms with E-state index in [1.54, 1.807) is 24.0 Å². The first-order chi connectivity index (χ1) is 13.9. The number of imidazole rings is 1. The average Bonchev–Trinajstić information content (AvgIpc) is 3.18. The number of hydrogen-bond donors (Lipinski definition) is 1. The van der Waals surface area contributed by atoms with Crippen LogP contribution in [-0.2, 0) is 17.1 Å². The van der Waals surface area contributed by atoms with Crippen molar-refractivity contribution < 1.29 is 8.42 Å². The maximum absolute atomic E-state index is 12.7. The van der Waals surface area contributed by atoms with Crippen molar-refractivity contribution in [1.82, 2.24) is 23.8 Å². The Labute approximate surface area is 170 Å². The Morgan fingerprint density at radius 3 is 2.52 bits per heavy atom. The van der Waals surface area contributed by atoms with Gasteiger partial charge in [0, 0.05) is 44.1 Å².